The van der Waals surface area contributed by atoms with Crippen molar-refractivity contribution < 1.29 is 17.9 Å². The van der Waals surface area contributed by atoms with Crippen LogP contribution in [0.4, 0.5) is 0 Å². The number of carbonyl (C=O) groups excluding carboxylic acids is 1. The van der Waals surface area contributed by atoms with E-state index in [9.17, 15) is 13.2 Å². The van der Waals surface area contributed by atoms with Gasteiger partial charge in [-0.3, -0.25) is 4.79 Å². The maximum Gasteiger partial charge on any atom is 0.324 e. The highest BCUT2D eigenvalue weighted by atomic mass is 32.2. The Morgan fingerprint density at radius 2 is 1.80 bits per heavy atom. The van der Waals surface area contributed by atoms with Crippen LogP contribution in [-0.2, 0) is 19.6 Å². The zero-order chi connectivity index (χ0) is 15.5. The van der Waals surface area contributed by atoms with Crippen LogP contribution >= 0.6 is 0 Å². The number of ether oxygens (including phenoxy) is 1. The van der Waals surface area contributed by atoms with Crippen molar-refractivity contribution >= 4 is 16.0 Å². The van der Waals surface area contributed by atoms with Gasteiger partial charge in [-0.1, -0.05) is 19.9 Å². The van der Waals surface area contributed by atoms with E-state index >= 15 is 0 Å². The molecule has 0 bridgehead atoms. The van der Waals surface area contributed by atoms with Crippen molar-refractivity contribution in [3.8, 4) is 0 Å². The molecule has 0 fully saturated rings. The van der Waals surface area contributed by atoms with Crippen LogP contribution in [-0.4, -0.2) is 27.5 Å². The standard InChI is InChI=1S/C14H21NO4S/c1-9(2)13(14(16)19-5)15-20(17,18)12-7-6-10(3)11(4)8-12/h6-9,13,15H,1-5H3. The second kappa shape index (κ2) is 6.37. The van der Waals surface area contributed by atoms with Gasteiger partial charge < -0.3 is 4.74 Å². The molecule has 1 unspecified atom stereocenters. The topological polar surface area (TPSA) is 72.5 Å². The molecule has 0 spiro atoms. The van der Waals surface area contributed by atoms with Gasteiger partial charge in [0.25, 0.3) is 0 Å². The zero-order valence-electron chi connectivity index (χ0n) is 12.4. The molecule has 1 aromatic rings. The van der Waals surface area contributed by atoms with E-state index in [4.69, 9.17) is 0 Å². The molecule has 0 aliphatic rings. The number of hydrogen-bond donors (Lipinski definition) is 1. The van der Waals surface area contributed by atoms with Gasteiger partial charge >= 0.3 is 5.97 Å². The summed E-state index contributed by atoms with van der Waals surface area (Å²) in [5.41, 5.74) is 1.89. The quantitative estimate of drug-likeness (QED) is 0.841. The van der Waals surface area contributed by atoms with Gasteiger partial charge in [0.05, 0.1) is 12.0 Å². The summed E-state index contributed by atoms with van der Waals surface area (Å²) in [6.45, 7) is 7.26. The van der Waals surface area contributed by atoms with E-state index in [1.165, 1.54) is 13.2 Å². The van der Waals surface area contributed by atoms with Gasteiger partial charge in [-0.25, -0.2) is 8.42 Å². The van der Waals surface area contributed by atoms with Crippen molar-refractivity contribution in [2.75, 3.05) is 7.11 Å². The number of rotatable bonds is 5. The van der Waals surface area contributed by atoms with Gasteiger partial charge in [-0.2, -0.15) is 4.72 Å². The third-order valence-corrected chi connectivity index (χ3v) is 4.63. The van der Waals surface area contributed by atoms with E-state index < -0.39 is 22.0 Å². The Bertz CT molecular complexity index is 593. The summed E-state index contributed by atoms with van der Waals surface area (Å²) in [5.74, 6) is -0.795. The van der Waals surface area contributed by atoms with Crippen molar-refractivity contribution in [2.24, 2.45) is 5.92 Å². The van der Waals surface area contributed by atoms with Crippen LogP contribution in [0.25, 0.3) is 0 Å². The molecule has 0 saturated heterocycles. The van der Waals surface area contributed by atoms with Crippen molar-refractivity contribution in [3.63, 3.8) is 0 Å². The Kier molecular flexibility index (Phi) is 5.30. The third kappa shape index (κ3) is 3.80. The summed E-state index contributed by atoms with van der Waals surface area (Å²) in [4.78, 5) is 11.8. The fourth-order valence-corrected chi connectivity index (χ4v) is 3.12. The Morgan fingerprint density at radius 3 is 2.25 bits per heavy atom. The summed E-state index contributed by atoms with van der Waals surface area (Å²) in [6.07, 6.45) is 0. The Morgan fingerprint density at radius 1 is 1.20 bits per heavy atom. The number of aryl methyl sites for hydroxylation is 2. The highest BCUT2D eigenvalue weighted by Gasteiger charge is 2.29. The minimum absolute atomic E-state index is 0.148. The molecule has 0 aromatic heterocycles. The first-order chi connectivity index (χ1) is 9.19. The first kappa shape index (κ1) is 16.7. The van der Waals surface area contributed by atoms with Gasteiger partial charge in [0.15, 0.2) is 0 Å². The van der Waals surface area contributed by atoms with Crippen LogP contribution in [0.5, 0.6) is 0 Å². The molecule has 0 aliphatic carbocycles. The normalized spacial score (nSPS) is 13.3. The maximum absolute atomic E-state index is 12.3. The van der Waals surface area contributed by atoms with Crippen LogP contribution in [0.3, 0.4) is 0 Å². The third-order valence-electron chi connectivity index (χ3n) is 3.19. The Labute approximate surface area is 120 Å². The van der Waals surface area contributed by atoms with Crippen LogP contribution in [0, 0.1) is 19.8 Å². The van der Waals surface area contributed by atoms with Gasteiger partial charge in [0.2, 0.25) is 10.0 Å². The lowest BCUT2D eigenvalue weighted by Crippen LogP contribution is -2.44. The largest absolute Gasteiger partial charge is 0.468 e. The van der Waals surface area contributed by atoms with Crippen LogP contribution < -0.4 is 4.72 Å². The first-order valence-corrected chi connectivity index (χ1v) is 7.84. The van der Waals surface area contributed by atoms with E-state index in [1.54, 1.807) is 26.0 Å². The molecular weight excluding hydrogens is 278 g/mol. The minimum Gasteiger partial charge on any atom is -0.468 e. The second-order valence-corrected chi connectivity index (χ2v) is 6.83. The van der Waals surface area contributed by atoms with Gasteiger partial charge in [-0.15, -0.1) is 0 Å². The molecule has 112 valence electrons. The molecule has 5 nitrogen and oxygen atoms in total. The monoisotopic (exact) mass is 299 g/mol. The van der Waals surface area contributed by atoms with E-state index in [2.05, 4.69) is 9.46 Å². The average molecular weight is 299 g/mol. The molecule has 1 aromatic carbocycles. The fourth-order valence-electron chi connectivity index (χ4n) is 1.70. The molecule has 6 heteroatoms. The number of sulfonamides is 1. The lowest BCUT2D eigenvalue weighted by atomic mass is 10.1. The molecule has 1 N–H and O–H groups in total. The molecular formula is C14H21NO4S. The predicted octanol–water partition coefficient (Wildman–Crippen LogP) is 1.78. The van der Waals surface area contributed by atoms with Crippen LogP contribution in [0.2, 0.25) is 0 Å². The fraction of sp³-hybridized carbons (Fsp3) is 0.500. The Balaban J connectivity index is 3.09. The summed E-state index contributed by atoms with van der Waals surface area (Å²) in [7, 11) is -2.51. The summed E-state index contributed by atoms with van der Waals surface area (Å²) >= 11 is 0. The minimum atomic E-state index is -3.75. The molecule has 0 aliphatic heterocycles. The lowest BCUT2D eigenvalue weighted by molar-refractivity contribution is -0.143. The molecule has 0 amide bonds. The summed E-state index contributed by atoms with van der Waals surface area (Å²) < 4.78 is 31.7. The van der Waals surface area contributed by atoms with E-state index in [0.29, 0.717) is 0 Å². The van der Waals surface area contributed by atoms with E-state index in [0.717, 1.165) is 11.1 Å². The van der Waals surface area contributed by atoms with Gasteiger partial charge in [-0.05, 0) is 43.0 Å². The number of carbonyl (C=O) groups is 1. The highest BCUT2D eigenvalue weighted by molar-refractivity contribution is 7.89. The molecule has 1 atom stereocenters. The number of benzene rings is 1. The SMILES string of the molecule is COC(=O)C(NS(=O)(=O)c1ccc(C)c(C)c1)C(C)C. The van der Waals surface area contributed by atoms with Crippen LogP contribution in [0.15, 0.2) is 23.1 Å². The van der Waals surface area contributed by atoms with Crippen molar-refractivity contribution in [3.05, 3.63) is 29.3 Å². The van der Waals surface area contributed by atoms with Gasteiger partial charge in [0, 0.05) is 0 Å². The molecule has 0 saturated carbocycles. The molecule has 20 heavy (non-hydrogen) atoms. The smallest absolute Gasteiger partial charge is 0.324 e. The molecule has 0 heterocycles. The van der Waals surface area contributed by atoms with E-state index in [-0.39, 0.29) is 10.8 Å². The maximum atomic E-state index is 12.3. The number of esters is 1. The number of hydrogen-bond acceptors (Lipinski definition) is 4. The summed E-state index contributed by atoms with van der Waals surface area (Å²) in [6, 6.07) is 3.96. The lowest BCUT2D eigenvalue weighted by Gasteiger charge is -2.20. The zero-order valence-corrected chi connectivity index (χ0v) is 13.2. The van der Waals surface area contributed by atoms with Crippen molar-refractivity contribution in [1.29, 1.82) is 0 Å². The average Bonchev–Trinajstić information content (AvgIpc) is 2.38. The van der Waals surface area contributed by atoms with Crippen molar-refractivity contribution in [1.82, 2.24) is 4.72 Å². The summed E-state index contributed by atoms with van der Waals surface area (Å²) in [5, 5.41) is 0. The van der Waals surface area contributed by atoms with Crippen molar-refractivity contribution in [2.45, 2.75) is 38.6 Å². The predicted molar refractivity (Wildman–Crippen MR) is 76.9 cm³/mol. The molecule has 0 radical (unpaired) electrons. The van der Waals surface area contributed by atoms with Crippen LogP contribution in [0.1, 0.15) is 25.0 Å². The first-order valence-electron chi connectivity index (χ1n) is 6.36. The second-order valence-electron chi connectivity index (χ2n) is 5.11. The highest BCUT2D eigenvalue weighted by Crippen LogP contribution is 2.16. The molecule has 1 rings (SSSR count). The number of nitrogens with one attached hydrogen (secondary N) is 1. The Hall–Kier alpha value is -1.40. The number of methoxy groups -OCH3 is 1. The van der Waals surface area contributed by atoms with Gasteiger partial charge in [0.1, 0.15) is 6.04 Å². The van der Waals surface area contributed by atoms with E-state index in [1.807, 2.05) is 13.8 Å².